The van der Waals surface area contributed by atoms with Crippen molar-refractivity contribution < 1.29 is 4.79 Å². The Morgan fingerprint density at radius 2 is 2.20 bits per heavy atom. The molecule has 0 saturated carbocycles. The van der Waals surface area contributed by atoms with E-state index in [0.29, 0.717) is 4.88 Å². The van der Waals surface area contributed by atoms with Crippen LogP contribution in [0.5, 0.6) is 0 Å². The van der Waals surface area contributed by atoms with Gasteiger partial charge in [0.15, 0.2) is 5.78 Å². The average Bonchev–Trinajstić information content (AvgIpc) is 2.47. The molecule has 1 unspecified atom stereocenters. The number of thiophene rings is 1. The van der Waals surface area contributed by atoms with Crippen molar-refractivity contribution in [3.8, 4) is 6.07 Å². The summed E-state index contributed by atoms with van der Waals surface area (Å²) in [6.45, 7) is 5.72. The fourth-order valence-corrected chi connectivity index (χ4v) is 2.76. The molecule has 0 aliphatic carbocycles. The number of halogens is 1. The lowest BCUT2D eigenvalue weighted by molar-refractivity contribution is 0.0928. The standard InChI is InChI=1S/C11H12BrNOS/c1-6(2)8(5-13)10(14)9-4-7(3)11(12)15-9/h4,6,8H,1-3H3. The van der Waals surface area contributed by atoms with Gasteiger partial charge >= 0.3 is 0 Å². The van der Waals surface area contributed by atoms with E-state index in [4.69, 9.17) is 5.26 Å². The van der Waals surface area contributed by atoms with Crippen molar-refractivity contribution in [3.63, 3.8) is 0 Å². The van der Waals surface area contributed by atoms with Gasteiger partial charge in [-0.2, -0.15) is 5.26 Å². The molecule has 0 bridgehead atoms. The molecule has 4 heteroatoms. The van der Waals surface area contributed by atoms with Crippen LogP contribution in [0.3, 0.4) is 0 Å². The van der Waals surface area contributed by atoms with Crippen LogP contribution in [0.25, 0.3) is 0 Å². The number of Topliss-reactive ketones (excluding diaryl/α,β-unsaturated/α-hetero) is 1. The van der Waals surface area contributed by atoms with E-state index in [1.807, 2.05) is 26.8 Å². The largest absolute Gasteiger partial charge is 0.292 e. The molecule has 0 aliphatic heterocycles. The van der Waals surface area contributed by atoms with E-state index < -0.39 is 5.92 Å². The molecule has 1 rings (SSSR count). The van der Waals surface area contributed by atoms with Crippen LogP contribution in [-0.4, -0.2) is 5.78 Å². The van der Waals surface area contributed by atoms with Crippen molar-refractivity contribution in [2.45, 2.75) is 20.8 Å². The van der Waals surface area contributed by atoms with Gasteiger partial charge in [0.05, 0.1) is 14.7 Å². The van der Waals surface area contributed by atoms with Crippen LogP contribution in [0.15, 0.2) is 9.85 Å². The molecule has 1 atom stereocenters. The molecular weight excluding hydrogens is 274 g/mol. The Morgan fingerprint density at radius 1 is 1.60 bits per heavy atom. The van der Waals surface area contributed by atoms with Gasteiger partial charge in [-0.3, -0.25) is 4.79 Å². The highest BCUT2D eigenvalue weighted by atomic mass is 79.9. The summed E-state index contributed by atoms with van der Waals surface area (Å²) in [5, 5.41) is 8.93. The molecule has 0 N–H and O–H groups in total. The van der Waals surface area contributed by atoms with Crippen molar-refractivity contribution in [2.24, 2.45) is 11.8 Å². The maximum absolute atomic E-state index is 12.0. The fourth-order valence-electron chi connectivity index (χ4n) is 1.25. The Bertz CT molecular complexity index is 397. The minimum Gasteiger partial charge on any atom is -0.292 e. The van der Waals surface area contributed by atoms with Gasteiger partial charge in [-0.1, -0.05) is 13.8 Å². The third-order valence-electron chi connectivity index (χ3n) is 2.19. The number of rotatable bonds is 3. The summed E-state index contributed by atoms with van der Waals surface area (Å²) < 4.78 is 0.964. The van der Waals surface area contributed by atoms with Crippen LogP contribution in [0, 0.1) is 30.1 Å². The third kappa shape index (κ3) is 2.67. The summed E-state index contributed by atoms with van der Waals surface area (Å²) in [5.74, 6) is -0.537. The first-order valence-corrected chi connectivity index (χ1v) is 6.28. The van der Waals surface area contributed by atoms with Gasteiger partial charge in [-0.25, -0.2) is 0 Å². The summed E-state index contributed by atoms with van der Waals surface area (Å²) in [5.41, 5.74) is 1.05. The van der Waals surface area contributed by atoms with E-state index in [0.717, 1.165) is 9.35 Å². The van der Waals surface area contributed by atoms with Crippen molar-refractivity contribution >= 4 is 33.0 Å². The summed E-state index contributed by atoms with van der Waals surface area (Å²) in [6, 6.07) is 3.91. The average molecular weight is 286 g/mol. The summed E-state index contributed by atoms with van der Waals surface area (Å²) >= 11 is 4.78. The van der Waals surface area contributed by atoms with Crippen LogP contribution in [-0.2, 0) is 0 Å². The molecule has 0 saturated heterocycles. The molecule has 1 aromatic heterocycles. The van der Waals surface area contributed by atoms with E-state index in [1.165, 1.54) is 11.3 Å². The van der Waals surface area contributed by atoms with Gasteiger partial charge in [0.1, 0.15) is 5.92 Å². The van der Waals surface area contributed by atoms with Gasteiger partial charge in [0, 0.05) is 0 Å². The number of carbonyl (C=O) groups excluding carboxylic acids is 1. The Kier molecular flexibility index (Phi) is 4.06. The van der Waals surface area contributed by atoms with Crippen molar-refractivity contribution in [1.29, 1.82) is 5.26 Å². The second-order valence-electron chi connectivity index (χ2n) is 3.78. The minimum atomic E-state index is -0.532. The fraction of sp³-hybridized carbons (Fsp3) is 0.455. The first-order valence-electron chi connectivity index (χ1n) is 4.67. The number of nitriles is 1. The quantitative estimate of drug-likeness (QED) is 0.793. The van der Waals surface area contributed by atoms with Crippen LogP contribution in [0.1, 0.15) is 29.1 Å². The number of ketones is 1. The normalized spacial score (nSPS) is 12.5. The Hall–Kier alpha value is -0.660. The molecule has 0 spiro atoms. The molecule has 1 aromatic rings. The van der Waals surface area contributed by atoms with Crippen molar-refractivity contribution in [3.05, 3.63) is 20.3 Å². The van der Waals surface area contributed by atoms with Gasteiger partial charge < -0.3 is 0 Å². The molecular formula is C11H12BrNOS. The predicted molar refractivity (Wildman–Crippen MR) is 65.0 cm³/mol. The SMILES string of the molecule is Cc1cc(C(=O)C(C#N)C(C)C)sc1Br. The van der Waals surface area contributed by atoms with Crippen LogP contribution >= 0.6 is 27.3 Å². The highest BCUT2D eigenvalue weighted by molar-refractivity contribution is 9.11. The molecule has 15 heavy (non-hydrogen) atoms. The van der Waals surface area contributed by atoms with E-state index >= 15 is 0 Å². The van der Waals surface area contributed by atoms with E-state index in [2.05, 4.69) is 22.0 Å². The highest BCUT2D eigenvalue weighted by Gasteiger charge is 2.24. The number of nitrogens with zero attached hydrogens (tertiary/aromatic N) is 1. The van der Waals surface area contributed by atoms with Gasteiger partial charge in [-0.15, -0.1) is 11.3 Å². The minimum absolute atomic E-state index is 0.0590. The Labute approximate surface area is 102 Å². The monoisotopic (exact) mass is 285 g/mol. The second-order valence-corrected chi connectivity index (χ2v) is 6.15. The number of carbonyl (C=O) groups is 1. The Balaban J connectivity index is 2.99. The molecule has 0 radical (unpaired) electrons. The predicted octanol–water partition coefficient (Wildman–Crippen LogP) is 3.80. The third-order valence-corrected chi connectivity index (χ3v) is 4.34. The summed E-state index contributed by atoms with van der Waals surface area (Å²) in [6.07, 6.45) is 0. The van der Waals surface area contributed by atoms with Gasteiger partial charge in [-0.05, 0) is 40.4 Å². The van der Waals surface area contributed by atoms with Crippen LogP contribution in [0.4, 0.5) is 0 Å². The molecule has 1 heterocycles. The molecule has 0 aromatic carbocycles. The second kappa shape index (κ2) is 4.91. The molecule has 0 aliphatic rings. The maximum Gasteiger partial charge on any atom is 0.190 e. The number of aryl methyl sites for hydroxylation is 1. The van der Waals surface area contributed by atoms with Crippen molar-refractivity contribution in [2.75, 3.05) is 0 Å². The molecule has 0 amide bonds. The lowest BCUT2D eigenvalue weighted by atomic mass is 9.92. The van der Waals surface area contributed by atoms with Crippen molar-refractivity contribution in [1.82, 2.24) is 0 Å². The smallest absolute Gasteiger partial charge is 0.190 e. The number of hydrogen-bond donors (Lipinski definition) is 0. The maximum atomic E-state index is 12.0. The Morgan fingerprint density at radius 3 is 2.53 bits per heavy atom. The lowest BCUT2D eigenvalue weighted by Gasteiger charge is -2.09. The zero-order valence-corrected chi connectivity index (χ0v) is 11.3. The zero-order valence-electron chi connectivity index (χ0n) is 8.87. The van der Waals surface area contributed by atoms with E-state index in [1.54, 1.807) is 0 Å². The molecule has 0 fully saturated rings. The van der Waals surface area contributed by atoms with E-state index in [-0.39, 0.29) is 11.7 Å². The summed E-state index contributed by atoms with van der Waals surface area (Å²) in [7, 11) is 0. The first kappa shape index (κ1) is 12.4. The van der Waals surface area contributed by atoms with Crippen LogP contribution in [0.2, 0.25) is 0 Å². The molecule has 80 valence electrons. The summed E-state index contributed by atoms with van der Waals surface area (Å²) in [4.78, 5) is 12.6. The van der Waals surface area contributed by atoms with Gasteiger partial charge in [0.25, 0.3) is 0 Å². The van der Waals surface area contributed by atoms with Gasteiger partial charge in [0.2, 0.25) is 0 Å². The topological polar surface area (TPSA) is 40.9 Å². The number of hydrogen-bond acceptors (Lipinski definition) is 3. The first-order chi connectivity index (χ1) is 6.97. The zero-order chi connectivity index (χ0) is 11.6. The van der Waals surface area contributed by atoms with E-state index in [9.17, 15) is 4.79 Å². The lowest BCUT2D eigenvalue weighted by Crippen LogP contribution is -2.17. The highest BCUT2D eigenvalue weighted by Crippen LogP contribution is 2.30. The molecule has 2 nitrogen and oxygen atoms in total. The van der Waals surface area contributed by atoms with Crippen LogP contribution < -0.4 is 0 Å².